The number of hydrogen-bond donors (Lipinski definition) is 0. The van der Waals surface area contributed by atoms with Crippen LogP contribution in [0.5, 0.6) is 0 Å². The van der Waals surface area contributed by atoms with Gasteiger partial charge in [-0.05, 0) is 0 Å². The van der Waals surface area contributed by atoms with Gasteiger partial charge in [0.2, 0.25) is 0 Å². The summed E-state index contributed by atoms with van der Waals surface area (Å²) in [6.07, 6.45) is -3.19. The van der Waals surface area contributed by atoms with E-state index in [1.165, 1.54) is 17.3 Å². The van der Waals surface area contributed by atoms with Crippen LogP contribution in [0.15, 0.2) is 12.7 Å². The maximum Gasteiger partial charge on any atom is 0.389 e. The van der Waals surface area contributed by atoms with Gasteiger partial charge in [-0.15, -0.1) is 0 Å². The van der Waals surface area contributed by atoms with E-state index >= 15 is 0 Å². The van der Waals surface area contributed by atoms with Crippen LogP contribution in [0.2, 0.25) is 0 Å². The second-order valence-corrected chi connectivity index (χ2v) is 3.43. The molecular formula is C9H8F3N5. The molecule has 0 bridgehead atoms. The number of nitriles is 2. The Labute approximate surface area is 95.1 Å². The van der Waals surface area contributed by atoms with E-state index in [4.69, 9.17) is 10.5 Å². The van der Waals surface area contributed by atoms with Crippen LogP contribution in [0.1, 0.15) is 6.42 Å². The van der Waals surface area contributed by atoms with Crippen molar-refractivity contribution in [3.63, 3.8) is 0 Å². The highest BCUT2D eigenvalue weighted by Crippen LogP contribution is 2.29. The minimum absolute atomic E-state index is 0.161. The van der Waals surface area contributed by atoms with Gasteiger partial charge in [0.1, 0.15) is 18.6 Å². The van der Waals surface area contributed by atoms with Crippen molar-refractivity contribution in [2.75, 3.05) is 0 Å². The van der Waals surface area contributed by atoms with Crippen molar-refractivity contribution >= 4 is 0 Å². The van der Waals surface area contributed by atoms with Crippen molar-refractivity contribution < 1.29 is 13.2 Å². The second kappa shape index (κ2) is 5.30. The molecule has 0 saturated carbocycles. The zero-order valence-electron chi connectivity index (χ0n) is 8.59. The van der Waals surface area contributed by atoms with Crippen molar-refractivity contribution in [3.8, 4) is 12.1 Å². The highest BCUT2D eigenvalue weighted by molar-refractivity contribution is 5.02. The summed E-state index contributed by atoms with van der Waals surface area (Å²) in [4.78, 5) is 3.59. The topological polar surface area (TPSA) is 78.3 Å². The van der Waals surface area contributed by atoms with Crippen molar-refractivity contribution in [1.29, 1.82) is 10.5 Å². The Bertz CT molecular complexity index is 411. The summed E-state index contributed by atoms with van der Waals surface area (Å²) in [5.41, 5.74) is 0. The molecule has 0 amide bonds. The fraction of sp³-hybridized carbons (Fsp3) is 0.556. The van der Waals surface area contributed by atoms with Crippen molar-refractivity contribution in [2.45, 2.75) is 19.1 Å². The summed E-state index contributed by atoms with van der Waals surface area (Å²) in [5.74, 6) is -2.47. The molecule has 5 nitrogen and oxygen atoms in total. The van der Waals surface area contributed by atoms with Gasteiger partial charge in [0, 0.05) is 12.5 Å². The third kappa shape index (κ3) is 4.11. The van der Waals surface area contributed by atoms with E-state index in [-0.39, 0.29) is 6.54 Å². The molecule has 90 valence electrons. The minimum atomic E-state index is -4.42. The third-order valence-corrected chi connectivity index (χ3v) is 2.13. The summed E-state index contributed by atoms with van der Waals surface area (Å²) in [6, 6.07) is 3.13. The molecule has 0 aliphatic heterocycles. The van der Waals surface area contributed by atoms with Gasteiger partial charge in [0.05, 0.1) is 18.6 Å². The minimum Gasteiger partial charge on any atom is -0.253 e. The van der Waals surface area contributed by atoms with Gasteiger partial charge in [-0.1, -0.05) is 0 Å². The van der Waals surface area contributed by atoms with E-state index < -0.39 is 24.4 Å². The predicted octanol–water partition coefficient (Wildman–Crippen LogP) is 1.51. The lowest BCUT2D eigenvalue weighted by Crippen LogP contribution is -2.25. The van der Waals surface area contributed by atoms with Crippen molar-refractivity contribution in [3.05, 3.63) is 12.7 Å². The van der Waals surface area contributed by atoms with Crippen LogP contribution >= 0.6 is 0 Å². The number of aromatic nitrogens is 3. The summed E-state index contributed by atoms with van der Waals surface area (Å²) in [7, 11) is 0. The van der Waals surface area contributed by atoms with Crippen LogP contribution in [0.3, 0.4) is 0 Å². The molecule has 1 unspecified atom stereocenters. The Balaban J connectivity index is 2.80. The maximum atomic E-state index is 12.3. The number of nitrogens with zero attached hydrogens (tertiary/aromatic N) is 5. The van der Waals surface area contributed by atoms with Gasteiger partial charge in [-0.3, -0.25) is 4.68 Å². The quantitative estimate of drug-likeness (QED) is 0.802. The number of halogens is 3. The first kappa shape index (κ1) is 13.0. The van der Waals surface area contributed by atoms with Gasteiger partial charge < -0.3 is 0 Å². The fourth-order valence-electron chi connectivity index (χ4n) is 1.39. The third-order valence-electron chi connectivity index (χ3n) is 2.13. The first-order chi connectivity index (χ1) is 7.96. The molecule has 17 heavy (non-hydrogen) atoms. The van der Waals surface area contributed by atoms with E-state index in [0.717, 1.165) is 0 Å². The van der Waals surface area contributed by atoms with Gasteiger partial charge in [-0.2, -0.15) is 28.8 Å². The summed E-state index contributed by atoms with van der Waals surface area (Å²) in [5, 5.41) is 20.9. The second-order valence-electron chi connectivity index (χ2n) is 3.43. The van der Waals surface area contributed by atoms with Gasteiger partial charge in [-0.25, -0.2) is 4.98 Å². The summed E-state index contributed by atoms with van der Waals surface area (Å²) >= 11 is 0. The summed E-state index contributed by atoms with van der Waals surface area (Å²) < 4.78 is 38.1. The highest BCUT2D eigenvalue weighted by Gasteiger charge is 2.36. The van der Waals surface area contributed by atoms with Gasteiger partial charge in [0.15, 0.2) is 0 Å². The van der Waals surface area contributed by atoms with Crippen molar-refractivity contribution in [2.24, 2.45) is 11.8 Å². The lowest BCUT2D eigenvalue weighted by molar-refractivity contribution is -0.147. The standard InChI is InChI=1S/C9H8F3N5/c10-9(11,12)1-7(8(2-13)3-14)4-17-6-15-5-16-17/h5-8H,1,4H2. The summed E-state index contributed by atoms with van der Waals surface area (Å²) in [6.45, 7) is -0.161. The van der Waals surface area contributed by atoms with Crippen LogP contribution in [-0.4, -0.2) is 20.9 Å². The number of hydrogen-bond acceptors (Lipinski definition) is 4. The van der Waals surface area contributed by atoms with Gasteiger partial charge in [0.25, 0.3) is 0 Å². The molecule has 0 aliphatic carbocycles. The maximum absolute atomic E-state index is 12.3. The Morgan fingerprint density at radius 2 is 1.94 bits per heavy atom. The Hall–Kier alpha value is -2.09. The predicted molar refractivity (Wildman–Crippen MR) is 48.9 cm³/mol. The number of rotatable bonds is 4. The zero-order chi connectivity index (χ0) is 12.9. The monoisotopic (exact) mass is 243 g/mol. The molecule has 0 saturated heterocycles. The molecule has 1 aromatic rings. The molecular weight excluding hydrogens is 235 g/mol. The van der Waals surface area contributed by atoms with Crippen LogP contribution in [0.25, 0.3) is 0 Å². The molecule has 1 atom stereocenters. The average Bonchev–Trinajstić information content (AvgIpc) is 2.69. The Kier molecular flexibility index (Phi) is 4.05. The normalized spacial score (nSPS) is 13.1. The van der Waals surface area contributed by atoms with E-state index in [0.29, 0.717) is 0 Å². The van der Waals surface area contributed by atoms with Crippen LogP contribution < -0.4 is 0 Å². The molecule has 0 aromatic carbocycles. The fourth-order valence-corrected chi connectivity index (χ4v) is 1.39. The molecule has 1 rings (SSSR count). The SMILES string of the molecule is N#CC(C#N)C(Cn1cncn1)CC(F)(F)F. The van der Waals surface area contributed by atoms with E-state index in [1.54, 1.807) is 12.1 Å². The Morgan fingerprint density at radius 1 is 1.29 bits per heavy atom. The number of alkyl halides is 3. The van der Waals surface area contributed by atoms with E-state index in [9.17, 15) is 13.2 Å². The molecule has 0 N–H and O–H groups in total. The largest absolute Gasteiger partial charge is 0.389 e. The molecule has 1 heterocycles. The van der Waals surface area contributed by atoms with E-state index in [2.05, 4.69) is 10.1 Å². The van der Waals surface area contributed by atoms with E-state index in [1.807, 2.05) is 0 Å². The highest BCUT2D eigenvalue weighted by atomic mass is 19.4. The first-order valence-corrected chi connectivity index (χ1v) is 4.64. The molecule has 0 aliphatic rings. The molecule has 0 radical (unpaired) electrons. The zero-order valence-corrected chi connectivity index (χ0v) is 8.59. The molecule has 0 spiro atoms. The molecule has 0 fully saturated rings. The Morgan fingerprint density at radius 3 is 2.35 bits per heavy atom. The molecule has 1 aromatic heterocycles. The lowest BCUT2D eigenvalue weighted by atomic mass is 9.91. The first-order valence-electron chi connectivity index (χ1n) is 4.64. The lowest BCUT2D eigenvalue weighted by Gasteiger charge is -2.18. The average molecular weight is 243 g/mol. The van der Waals surface area contributed by atoms with Crippen LogP contribution in [-0.2, 0) is 6.54 Å². The smallest absolute Gasteiger partial charge is 0.253 e. The van der Waals surface area contributed by atoms with Crippen LogP contribution in [0, 0.1) is 34.5 Å². The van der Waals surface area contributed by atoms with Crippen LogP contribution in [0.4, 0.5) is 13.2 Å². The van der Waals surface area contributed by atoms with Gasteiger partial charge >= 0.3 is 6.18 Å². The molecule has 8 heteroatoms. The van der Waals surface area contributed by atoms with Crippen molar-refractivity contribution in [1.82, 2.24) is 14.8 Å².